The van der Waals surface area contributed by atoms with Gasteiger partial charge in [0.2, 0.25) is 0 Å². The lowest BCUT2D eigenvalue weighted by Gasteiger charge is -2.39. The molecule has 0 aromatic heterocycles. The average molecular weight is 688 g/mol. The second-order valence-electron chi connectivity index (χ2n) is 12.8. The van der Waals surface area contributed by atoms with Gasteiger partial charge in [-0.3, -0.25) is 0 Å². The number of nitrogens with zero attached hydrogens (tertiary/aromatic N) is 3. The molecule has 1 unspecified atom stereocenters. The van der Waals surface area contributed by atoms with E-state index in [0.717, 1.165) is 41.2 Å². The van der Waals surface area contributed by atoms with E-state index in [1.807, 2.05) is 42.5 Å². The van der Waals surface area contributed by atoms with Gasteiger partial charge in [0, 0.05) is 25.0 Å². The third-order valence-electron chi connectivity index (χ3n) is 8.93. The van der Waals surface area contributed by atoms with Crippen LogP contribution in [0.2, 0.25) is 0 Å². The summed E-state index contributed by atoms with van der Waals surface area (Å²) >= 11 is 0. The summed E-state index contributed by atoms with van der Waals surface area (Å²) in [6.07, 6.45) is 5.36. The van der Waals surface area contributed by atoms with Gasteiger partial charge < -0.3 is 32.9 Å². The van der Waals surface area contributed by atoms with E-state index in [-0.39, 0.29) is 31.0 Å². The average Bonchev–Trinajstić information content (AvgIpc) is 3.80. The molecule has 0 N–H and O–H groups in total. The van der Waals surface area contributed by atoms with Crippen molar-refractivity contribution in [3.05, 3.63) is 108 Å². The number of hydrogen-bond acceptors (Lipinski definition) is 9. The smallest absolute Gasteiger partial charge is 0.259 e. The standard InChI is InChI=1S/C39H50N3O6P/c1-29(2)42(30(3)4)49(46-26-12-23-40)48-36-27-38(41-24-10-11-25-41)47-37(36)28-45-39(31-13-8-7-9-14-31,32-15-19-34(43-5)20-16-32)33-17-21-35(44-6)22-18-33/h7-10,13-22,24,29-30,36-38H,11-12,25-28H2,1-6H3/t36-,37-,38-,49?/m1/s1. The predicted molar refractivity (Wildman–Crippen MR) is 192 cm³/mol. The van der Waals surface area contributed by atoms with Crippen LogP contribution >= 0.6 is 8.53 Å². The molecule has 4 atom stereocenters. The maximum atomic E-state index is 9.27. The molecule has 3 aromatic rings. The Hall–Kier alpha value is -3.48. The van der Waals surface area contributed by atoms with Gasteiger partial charge in [0.05, 0.1) is 46.0 Å². The fraction of sp³-hybridized carbons (Fsp3) is 0.462. The quantitative estimate of drug-likeness (QED) is 0.0796. The lowest BCUT2D eigenvalue weighted by molar-refractivity contribution is -0.100. The molecule has 0 radical (unpaired) electrons. The zero-order valence-electron chi connectivity index (χ0n) is 29.5. The molecule has 0 amide bonds. The van der Waals surface area contributed by atoms with Crippen LogP contribution in [-0.4, -0.2) is 74.1 Å². The van der Waals surface area contributed by atoms with E-state index in [2.05, 4.69) is 92.0 Å². The Morgan fingerprint density at radius 2 is 1.49 bits per heavy atom. The number of methoxy groups -OCH3 is 2. The molecule has 1 saturated heterocycles. The first-order valence-electron chi connectivity index (χ1n) is 17.1. The van der Waals surface area contributed by atoms with Crippen molar-refractivity contribution in [1.29, 1.82) is 5.26 Å². The van der Waals surface area contributed by atoms with Crippen LogP contribution in [0.1, 0.15) is 63.6 Å². The summed E-state index contributed by atoms with van der Waals surface area (Å²) in [7, 11) is 1.85. The van der Waals surface area contributed by atoms with Gasteiger partial charge in [0.15, 0.2) is 0 Å². The maximum absolute atomic E-state index is 9.27. The highest BCUT2D eigenvalue weighted by Gasteiger charge is 2.45. The van der Waals surface area contributed by atoms with Crippen molar-refractivity contribution < 1.29 is 28.0 Å². The van der Waals surface area contributed by atoms with Crippen LogP contribution in [0, 0.1) is 11.3 Å². The molecule has 0 bridgehead atoms. The molecule has 1 fully saturated rings. The first-order valence-corrected chi connectivity index (χ1v) is 18.2. The van der Waals surface area contributed by atoms with Crippen LogP contribution in [0.5, 0.6) is 11.5 Å². The normalized spacial score (nSPS) is 19.9. The summed E-state index contributed by atoms with van der Waals surface area (Å²) in [5.41, 5.74) is 1.89. The predicted octanol–water partition coefficient (Wildman–Crippen LogP) is 8.01. The van der Waals surface area contributed by atoms with Crippen molar-refractivity contribution in [2.24, 2.45) is 0 Å². The molecular weight excluding hydrogens is 637 g/mol. The van der Waals surface area contributed by atoms with E-state index in [4.69, 9.17) is 28.0 Å². The van der Waals surface area contributed by atoms with Crippen LogP contribution in [0.15, 0.2) is 91.1 Å². The van der Waals surface area contributed by atoms with Crippen molar-refractivity contribution in [1.82, 2.24) is 9.57 Å². The maximum Gasteiger partial charge on any atom is 0.259 e. The van der Waals surface area contributed by atoms with Crippen molar-refractivity contribution in [3.63, 3.8) is 0 Å². The van der Waals surface area contributed by atoms with Crippen LogP contribution in [0.4, 0.5) is 0 Å². The second-order valence-corrected chi connectivity index (χ2v) is 14.2. The summed E-state index contributed by atoms with van der Waals surface area (Å²) in [5, 5.41) is 9.27. The molecule has 5 rings (SSSR count). The molecule has 49 heavy (non-hydrogen) atoms. The molecule has 2 heterocycles. The molecule has 10 heteroatoms. The zero-order chi connectivity index (χ0) is 34.8. The highest BCUT2D eigenvalue weighted by atomic mass is 31.2. The van der Waals surface area contributed by atoms with Gasteiger partial charge in [0.1, 0.15) is 29.4 Å². The van der Waals surface area contributed by atoms with E-state index in [1.54, 1.807) is 14.2 Å². The Morgan fingerprint density at radius 1 is 0.898 bits per heavy atom. The minimum absolute atomic E-state index is 0.159. The molecule has 2 aliphatic rings. The molecule has 0 aliphatic carbocycles. The number of ether oxygens (including phenoxy) is 4. The fourth-order valence-electron chi connectivity index (χ4n) is 6.61. The van der Waals surface area contributed by atoms with Gasteiger partial charge in [-0.25, -0.2) is 4.67 Å². The van der Waals surface area contributed by atoms with E-state index < -0.39 is 20.2 Å². The molecule has 3 aromatic carbocycles. The summed E-state index contributed by atoms with van der Waals surface area (Å²) in [6.45, 7) is 10.0. The van der Waals surface area contributed by atoms with Crippen LogP contribution in [-0.2, 0) is 24.1 Å². The molecule has 0 spiro atoms. The number of hydrogen-bond donors (Lipinski definition) is 0. The monoisotopic (exact) mass is 687 g/mol. The second kappa shape index (κ2) is 17.4. The fourth-order valence-corrected chi connectivity index (χ4v) is 8.36. The third-order valence-corrected chi connectivity index (χ3v) is 11.1. The molecule has 9 nitrogen and oxygen atoms in total. The number of rotatable bonds is 17. The third kappa shape index (κ3) is 8.64. The Labute approximate surface area is 293 Å². The Balaban J connectivity index is 1.54. The minimum Gasteiger partial charge on any atom is -0.497 e. The van der Waals surface area contributed by atoms with Gasteiger partial charge in [-0.1, -0.05) is 60.7 Å². The van der Waals surface area contributed by atoms with E-state index in [1.165, 1.54) is 0 Å². The first kappa shape index (κ1) is 36.8. The van der Waals surface area contributed by atoms with Gasteiger partial charge in [0.25, 0.3) is 8.53 Å². The van der Waals surface area contributed by atoms with Gasteiger partial charge in [-0.2, -0.15) is 5.26 Å². The largest absolute Gasteiger partial charge is 0.497 e. The van der Waals surface area contributed by atoms with Crippen molar-refractivity contribution in [2.45, 2.75) is 83.1 Å². The summed E-state index contributed by atoms with van der Waals surface area (Å²) < 4.78 is 40.7. The van der Waals surface area contributed by atoms with Gasteiger partial charge >= 0.3 is 0 Å². The number of nitriles is 1. The van der Waals surface area contributed by atoms with Crippen LogP contribution in [0.3, 0.4) is 0 Å². The van der Waals surface area contributed by atoms with E-state index in [9.17, 15) is 5.26 Å². The van der Waals surface area contributed by atoms with Crippen molar-refractivity contribution in [3.8, 4) is 17.6 Å². The van der Waals surface area contributed by atoms with Crippen LogP contribution in [0.25, 0.3) is 0 Å². The Morgan fingerprint density at radius 3 is 2.00 bits per heavy atom. The highest BCUT2D eigenvalue weighted by Crippen LogP contribution is 2.50. The van der Waals surface area contributed by atoms with Gasteiger partial charge in [-0.05, 0) is 81.3 Å². The summed E-state index contributed by atoms with van der Waals surface area (Å²) in [4.78, 5) is 2.25. The van der Waals surface area contributed by atoms with E-state index >= 15 is 0 Å². The Kier molecular flexibility index (Phi) is 13.1. The molecule has 2 aliphatic heterocycles. The highest BCUT2D eigenvalue weighted by molar-refractivity contribution is 7.44. The SMILES string of the molecule is COc1ccc(C(OC[C@H]2O[C@@H](N3C=CCC3)C[C@H]2OP(OCCC#N)N(C(C)C)C(C)C)(c2ccccc2)c2ccc(OC)cc2)cc1. The van der Waals surface area contributed by atoms with Crippen LogP contribution < -0.4 is 9.47 Å². The molecule has 262 valence electrons. The summed E-state index contributed by atoms with van der Waals surface area (Å²) in [5.74, 6) is 1.53. The lowest BCUT2D eigenvalue weighted by atomic mass is 9.80. The number of benzene rings is 3. The van der Waals surface area contributed by atoms with Gasteiger partial charge in [-0.15, -0.1) is 0 Å². The van der Waals surface area contributed by atoms with Crippen molar-refractivity contribution in [2.75, 3.05) is 34.0 Å². The summed E-state index contributed by atoms with van der Waals surface area (Å²) in [6, 6.07) is 28.9. The molecular formula is C39H50N3O6P. The first-order chi connectivity index (χ1) is 23.8. The minimum atomic E-state index is -1.48. The molecule has 0 saturated carbocycles. The zero-order valence-corrected chi connectivity index (χ0v) is 30.4. The van der Waals surface area contributed by atoms with E-state index in [0.29, 0.717) is 19.4 Å². The Bertz CT molecular complexity index is 1460. The topological polar surface area (TPSA) is 85.7 Å². The van der Waals surface area contributed by atoms with Crippen molar-refractivity contribution >= 4 is 8.53 Å². The lowest BCUT2D eigenvalue weighted by Crippen LogP contribution is -2.39.